The highest BCUT2D eigenvalue weighted by Gasteiger charge is 2.04. The van der Waals surface area contributed by atoms with Gasteiger partial charge in [-0.15, -0.1) is 0 Å². The van der Waals surface area contributed by atoms with Crippen LogP contribution < -0.4 is 10.9 Å². The highest BCUT2D eigenvalue weighted by atomic mass is 19.1. The van der Waals surface area contributed by atoms with Crippen molar-refractivity contribution in [2.75, 3.05) is 6.54 Å². The quantitative estimate of drug-likeness (QED) is 0.864. The molecule has 0 saturated heterocycles. The third kappa shape index (κ3) is 3.01. The Labute approximate surface area is 104 Å². The van der Waals surface area contributed by atoms with E-state index in [2.05, 4.69) is 15.3 Å². The molecule has 2 N–H and O–H groups in total. The van der Waals surface area contributed by atoms with Gasteiger partial charge in [0.25, 0.3) is 5.56 Å². The van der Waals surface area contributed by atoms with E-state index in [-0.39, 0.29) is 11.4 Å². The fourth-order valence-corrected chi connectivity index (χ4v) is 1.62. The molecular formula is C13H14FN3O. The van der Waals surface area contributed by atoms with Gasteiger partial charge in [-0.3, -0.25) is 4.79 Å². The van der Waals surface area contributed by atoms with Crippen LogP contribution in [0, 0.1) is 5.82 Å². The van der Waals surface area contributed by atoms with Crippen LogP contribution >= 0.6 is 0 Å². The molecule has 5 heteroatoms. The summed E-state index contributed by atoms with van der Waals surface area (Å²) in [7, 11) is 0. The standard InChI is InChI=1S/C13H14FN3O/c1-2-15-8-11-7-12(18)17-13(16-11)9-4-3-5-10(14)6-9/h3-7,15H,2,8H2,1H3,(H,16,17,18). The van der Waals surface area contributed by atoms with Gasteiger partial charge >= 0.3 is 0 Å². The highest BCUT2D eigenvalue weighted by molar-refractivity contribution is 5.54. The molecule has 0 saturated carbocycles. The molecule has 1 aromatic carbocycles. The molecule has 18 heavy (non-hydrogen) atoms. The van der Waals surface area contributed by atoms with E-state index in [9.17, 15) is 9.18 Å². The molecule has 0 aliphatic carbocycles. The van der Waals surface area contributed by atoms with E-state index in [4.69, 9.17) is 0 Å². The number of nitrogens with zero attached hydrogens (tertiary/aromatic N) is 1. The topological polar surface area (TPSA) is 57.8 Å². The summed E-state index contributed by atoms with van der Waals surface area (Å²) in [6.07, 6.45) is 0. The van der Waals surface area contributed by atoms with E-state index in [0.29, 0.717) is 23.6 Å². The molecule has 0 unspecified atom stereocenters. The Balaban J connectivity index is 2.38. The Kier molecular flexibility index (Phi) is 3.84. The van der Waals surface area contributed by atoms with Gasteiger partial charge in [0.15, 0.2) is 0 Å². The van der Waals surface area contributed by atoms with E-state index in [1.807, 2.05) is 6.92 Å². The first-order valence-corrected chi connectivity index (χ1v) is 5.76. The van der Waals surface area contributed by atoms with Crippen LogP contribution in [0.5, 0.6) is 0 Å². The summed E-state index contributed by atoms with van der Waals surface area (Å²) in [5.74, 6) is 0.0298. The lowest BCUT2D eigenvalue weighted by molar-refractivity contribution is 0.628. The number of nitrogens with one attached hydrogen (secondary N) is 2. The van der Waals surface area contributed by atoms with Gasteiger partial charge < -0.3 is 10.3 Å². The second-order valence-electron chi connectivity index (χ2n) is 3.88. The Morgan fingerprint density at radius 2 is 2.22 bits per heavy atom. The second-order valence-corrected chi connectivity index (χ2v) is 3.88. The van der Waals surface area contributed by atoms with Gasteiger partial charge in [-0.1, -0.05) is 19.1 Å². The number of rotatable bonds is 4. The van der Waals surface area contributed by atoms with Crippen molar-refractivity contribution < 1.29 is 4.39 Å². The Morgan fingerprint density at radius 1 is 1.39 bits per heavy atom. The maximum absolute atomic E-state index is 13.1. The van der Waals surface area contributed by atoms with Crippen molar-refractivity contribution in [1.29, 1.82) is 0 Å². The van der Waals surface area contributed by atoms with Gasteiger partial charge in [0.2, 0.25) is 0 Å². The first kappa shape index (κ1) is 12.4. The second kappa shape index (κ2) is 5.55. The normalized spacial score (nSPS) is 10.6. The van der Waals surface area contributed by atoms with Gasteiger partial charge in [-0.25, -0.2) is 9.37 Å². The van der Waals surface area contributed by atoms with Crippen molar-refractivity contribution in [2.45, 2.75) is 13.5 Å². The number of aromatic nitrogens is 2. The highest BCUT2D eigenvalue weighted by Crippen LogP contribution is 2.14. The van der Waals surface area contributed by atoms with Gasteiger partial charge in [0.05, 0.1) is 5.69 Å². The fraction of sp³-hybridized carbons (Fsp3) is 0.231. The Bertz CT molecular complexity index is 595. The molecule has 4 nitrogen and oxygen atoms in total. The number of benzene rings is 1. The predicted octanol–water partition coefficient (Wildman–Crippen LogP) is 1.69. The Morgan fingerprint density at radius 3 is 2.94 bits per heavy atom. The lowest BCUT2D eigenvalue weighted by Gasteiger charge is -2.05. The summed E-state index contributed by atoms with van der Waals surface area (Å²) in [6.45, 7) is 3.28. The lowest BCUT2D eigenvalue weighted by Crippen LogP contribution is -2.17. The summed E-state index contributed by atoms with van der Waals surface area (Å²) >= 11 is 0. The van der Waals surface area contributed by atoms with Crippen LogP contribution in [0.1, 0.15) is 12.6 Å². The number of H-pyrrole nitrogens is 1. The first-order valence-electron chi connectivity index (χ1n) is 5.76. The molecule has 0 amide bonds. The summed E-state index contributed by atoms with van der Waals surface area (Å²) < 4.78 is 13.1. The zero-order valence-corrected chi connectivity index (χ0v) is 10.0. The predicted molar refractivity (Wildman–Crippen MR) is 67.6 cm³/mol. The molecule has 0 bridgehead atoms. The van der Waals surface area contributed by atoms with Crippen LogP contribution in [0.2, 0.25) is 0 Å². The molecule has 0 aliphatic heterocycles. The molecule has 0 fully saturated rings. The number of halogens is 1. The van der Waals surface area contributed by atoms with Gasteiger partial charge in [-0.05, 0) is 18.7 Å². The molecule has 1 aromatic heterocycles. The third-order valence-corrected chi connectivity index (χ3v) is 2.45. The van der Waals surface area contributed by atoms with E-state index < -0.39 is 0 Å². The van der Waals surface area contributed by atoms with E-state index in [1.165, 1.54) is 18.2 Å². The SMILES string of the molecule is CCNCc1cc(=O)[nH]c(-c2cccc(F)c2)n1. The third-order valence-electron chi connectivity index (χ3n) is 2.45. The zero-order chi connectivity index (χ0) is 13.0. The molecule has 0 spiro atoms. The van der Waals surface area contributed by atoms with Crippen LogP contribution in [0.3, 0.4) is 0 Å². The molecule has 1 heterocycles. The summed E-state index contributed by atoms with van der Waals surface area (Å²) in [4.78, 5) is 18.4. The van der Waals surface area contributed by atoms with Gasteiger partial charge in [0, 0.05) is 18.2 Å². The summed E-state index contributed by atoms with van der Waals surface area (Å²) in [6, 6.07) is 7.42. The number of hydrogen-bond donors (Lipinski definition) is 2. The smallest absolute Gasteiger partial charge is 0.251 e. The molecule has 94 valence electrons. The monoisotopic (exact) mass is 247 g/mol. The summed E-state index contributed by atoms with van der Waals surface area (Å²) in [5, 5.41) is 3.09. The van der Waals surface area contributed by atoms with Gasteiger partial charge in [0.1, 0.15) is 11.6 Å². The van der Waals surface area contributed by atoms with Crippen molar-refractivity contribution >= 4 is 0 Å². The lowest BCUT2D eigenvalue weighted by atomic mass is 10.2. The van der Waals surface area contributed by atoms with Crippen molar-refractivity contribution in [3.05, 3.63) is 52.2 Å². The average molecular weight is 247 g/mol. The minimum Gasteiger partial charge on any atom is -0.311 e. The van der Waals surface area contributed by atoms with Crippen LogP contribution in [0.15, 0.2) is 35.1 Å². The molecule has 0 aliphatic rings. The minimum absolute atomic E-state index is 0.239. The largest absolute Gasteiger partial charge is 0.311 e. The Hall–Kier alpha value is -2.01. The average Bonchev–Trinajstić information content (AvgIpc) is 2.36. The number of aromatic amines is 1. The molecule has 2 rings (SSSR count). The van der Waals surface area contributed by atoms with Crippen LogP contribution in [-0.2, 0) is 6.54 Å². The molecular weight excluding hydrogens is 233 g/mol. The van der Waals surface area contributed by atoms with Crippen LogP contribution in [0.4, 0.5) is 4.39 Å². The zero-order valence-electron chi connectivity index (χ0n) is 10.0. The van der Waals surface area contributed by atoms with Crippen LogP contribution in [-0.4, -0.2) is 16.5 Å². The molecule has 2 aromatic rings. The van der Waals surface area contributed by atoms with Crippen molar-refractivity contribution in [3.8, 4) is 11.4 Å². The fourth-order valence-electron chi connectivity index (χ4n) is 1.62. The molecule has 0 atom stereocenters. The van der Waals surface area contributed by atoms with E-state index in [0.717, 1.165) is 6.54 Å². The van der Waals surface area contributed by atoms with E-state index in [1.54, 1.807) is 12.1 Å². The maximum atomic E-state index is 13.1. The van der Waals surface area contributed by atoms with Crippen molar-refractivity contribution in [3.63, 3.8) is 0 Å². The van der Waals surface area contributed by atoms with E-state index >= 15 is 0 Å². The van der Waals surface area contributed by atoms with Crippen LogP contribution in [0.25, 0.3) is 11.4 Å². The molecule has 0 radical (unpaired) electrons. The summed E-state index contributed by atoms with van der Waals surface area (Å²) in [5.41, 5.74) is 0.961. The van der Waals surface area contributed by atoms with Gasteiger partial charge in [-0.2, -0.15) is 0 Å². The number of hydrogen-bond acceptors (Lipinski definition) is 3. The van der Waals surface area contributed by atoms with Crippen molar-refractivity contribution in [1.82, 2.24) is 15.3 Å². The van der Waals surface area contributed by atoms with Crippen molar-refractivity contribution in [2.24, 2.45) is 0 Å². The maximum Gasteiger partial charge on any atom is 0.251 e. The minimum atomic E-state index is -0.354. The first-order chi connectivity index (χ1) is 8.69.